The molecule has 0 aromatic heterocycles. The van der Waals surface area contributed by atoms with E-state index in [9.17, 15) is 13.2 Å². The van der Waals surface area contributed by atoms with Crippen LogP contribution in [-0.2, 0) is 14.6 Å². The number of rotatable bonds is 5. The highest BCUT2D eigenvalue weighted by Gasteiger charge is 2.40. The van der Waals surface area contributed by atoms with Crippen molar-refractivity contribution >= 4 is 27.3 Å². The first kappa shape index (κ1) is 14.7. The van der Waals surface area contributed by atoms with Crippen molar-refractivity contribution in [1.29, 1.82) is 0 Å². The van der Waals surface area contributed by atoms with Crippen molar-refractivity contribution in [2.24, 2.45) is 0 Å². The fourth-order valence-corrected chi connectivity index (χ4v) is 1.69. The number of carbonyl (C=O) groups is 1. The summed E-state index contributed by atoms with van der Waals surface area (Å²) in [6.45, 7) is 5.46. The number of hydrogen-bond acceptors (Lipinski definition) is 3. The molecule has 0 atom stereocenters. The minimum Gasteiger partial charge on any atom is -0.340 e. The zero-order valence-corrected chi connectivity index (χ0v) is 11.2. The highest BCUT2D eigenvalue weighted by Crippen LogP contribution is 2.18. The van der Waals surface area contributed by atoms with Crippen LogP contribution in [0.1, 0.15) is 20.8 Å². The molecule has 0 aliphatic rings. The van der Waals surface area contributed by atoms with Crippen molar-refractivity contribution in [3.63, 3.8) is 0 Å². The minimum atomic E-state index is -3.41. The van der Waals surface area contributed by atoms with Crippen molar-refractivity contribution in [3.05, 3.63) is 0 Å². The second-order valence-electron chi connectivity index (χ2n) is 3.86. The van der Waals surface area contributed by atoms with E-state index >= 15 is 0 Å². The Hall–Kier alpha value is -0.290. The molecule has 0 radical (unpaired) electrons. The maximum Gasteiger partial charge on any atom is 0.243 e. The highest BCUT2D eigenvalue weighted by atomic mass is 35.5. The Kier molecular flexibility index (Phi) is 5.06. The maximum atomic E-state index is 11.9. The third kappa shape index (κ3) is 3.34. The lowest BCUT2D eigenvalue weighted by Gasteiger charge is -2.29. The molecule has 0 N–H and O–H groups in total. The second kappa shape index (κ2) is 5.16. The molecule has 0 spiro atoms. The van der Waals surface area contributed by atoms with Gasteiger partial charge in [-0.3, -0.25) is 4.79 Å². The molecule has 0 aromatic carbocycles. The Bertz CT molecular complexity index is 324. The number of hydrogen-bond donors (Lipinski definition) is 0. The predicted molar refractivity (Wildman–Crippen MR) is 61.9 cm³/mol. The Morgan fingerprint density at radius 3 is 2.13 bits per heavy atom. The molecule has 0 saturated heterocycles. The zero-order chi connectivity index (χ0) is 12.3. The molecule has 0 bridgehead atoms. The molecule has 0 aliphatic heterocycles. The Morgan fingerprint density at radius 1 is 1.40 bits per heavy atom. The lowest BCUT2D eigenvalue weighted by Crippen LogP contribution is -2.50. The molecule has 0 heterocycles. The molecule has 0 fully saturated rings. The number of sulfone groups is 1. The van der Waals surface area contributed by atoms with Crippen LogP contribution < -0.4 is 0 Å². The monoisotopic (exact) mass is 255 g/mol. The standard InChI is InChI=1S/C9H18ClNO3S/c1-5-11(7-6-10)8(12)9(2,3)15(4,13)14/h5-7H2,1-4H3. The first-order chi connectivity index (χ1) is 6.68. The van der Waals surface area contributed by atoms with Crippen molar-refractivity contribution < 1.29 is 13.2 Å². The summed E-state index contributed by atoms with van der Waals surface area (Å²) in [5.74, 6) is -0.0902. The molecule has 6 heteroatoms. The van der Waals surface area contributed by atoms with E-state index in [1.165, 1.54) is 18.7 Å². The van der Waals surface area contributed by atoms with Crippen molar-refractivity contribution in [3.8, 4) is 0 Å². The Labute approximate surface area is 96.5 Å². The van der Waals surface area contributed by atoms with Gasteiger partial charge in [0.15, 0.2) is 9.84 Å². The molecule has 0 aliphatic carbocycles. The van der Waals surface area contributed by atoms with Gasteiger partial charge in [-0.05, 0) is 20.8 Å². The molecule has 4 nitrogen and oxygen atoms in total. The van der Waals surface area contributed by atoms with Gasteiger partial charge in [0.1, 0.15) is 4.75 Å². The summed E-state index contributed by atoms with van der Waals surface area (Å²) in [7, 11) is -3.41. The Balaban J connectivity index is 4.98. The second-order valence-corrected chi connectivity index (χ2v) is 6.80. The molecule has 90 valence electrons. The van der Waals surface area contributed by atoms with Gasteiger partial charge in [0.2, 0.25) is 5.91 Å². The zero-order valence-electron chi connectivity index (χ0n) is 9.58. The van der Waals surface area contributed by atoms with Crippen molar-refractivity contribution in [2.45, 2.75) is 25.5 Å². The molecule has 1 amide bonds. The van der Waals surface area contributed by atoms with Gasteiger partial charge in [0, 0.05) is 25.2 Å². The Morgan fingerprint density at radius 2 is 1.87 bits per heavy atom. The van der Waals surface area contributed by atoms with Crippen LogP contribution in [0.15, 0.2) is 0 Å². The van der Waals surface area contributed by atoms with Crippen LogP contribution >= 0.6 is 11.6 Å². The molecule has 0 aromatic rings. The van der Waals surface area contributed by atoms with E-state index in [2.05, 4.69) is 0 Å². The summed E-state index contributed by atoms with van der Waals surface area (Å²) in [4.78, 5) is 13.4. The number of carbonyl (C=O) groups excluding carboxylic acids is 1. The number of amides is 1. The number of nitrogens with zero attached hydrogens (tertiary/aromatic N) is 1. The molecule has 0 saturated carbocycles. The first-order valence-corrected chi connectivity index (χ1v) is 7.16. The van der Waals surface area contributed by atoms with Gasteiger partial charge in [0.05, 0.1) is 0 Å². The summed E-state index contributed by atoms with van der Waals surface area (Å²) in [5, 5.41) is 0. The summed E-state index contributed by atoms with van der Waals surface area (Å²) in [6, 6.07) is 0. The van der Waals surface area contributed by atoms with Crippen LogP contribution in [0.4, 0.5) is 0 Å². The average molecular weight is 256 g/mol. The van der Waals surface area contributed by atoms with E-state index in [0.29, 0.717) is 19.0 Å². The average Bonchev–Trinajstić information content (AvgIpc) is 2.11. The summed E-state index contributed by atoms with van der Waals surface area (Å²) >= 11 is 5.54. The van der Waals surface area contributed by atoms with Crippen LogP contribution in [0.25, 0.3) is 0 Å². The van der Waals surface area contributed by atoms with Crippen LogP contribution in [-0.4, -0.2) is 49.2 Å². The summed E-state index contributed by atoms with van der Waals surface area (Å²) < 4.78 is 21.5. The van der Waals surface area contributed by atoms with Gasteiger partial charge in [0.25, 0.3) is 0 Å². The van der Waals surface area contributed by atoms with E-state index in [1.54, 1.807) is 6.92 Å². The van der Waals surface area contributed by atoms with Crippen LogP contribution in [0.3, 0.4) is 0 Å². The van der Waals surface area contributed by atoms with Gasteiger partial charge in [-0.2, -0.15) is 0 Å². The smallest absolute Gasteiger partial charge is 0.243 e. The lowest BCUT2D eigenvalue weighted by molar-refractivity contribution is -0.132. The topological polar surface area (TPSA) is 54.5 Å². The fraction of sp³-hybridized carbons (Fsp3) is 0.889. The third-order valence-corrected chi connectivity index (χ3v) is 4.66. The molecular weight excluding hydrogens is 238 g/mol. The van der Waals surface area contributed by atoms with Gasteiger partial charge < -0.3 is 4.90 Å². The van der Waals surface area contributed by atoms with Crippen molar-refractivity contribution in [1.82, 2.24) is 4.90 Å². The maximum absolute atomic E-state index is 11.9. The van der Waals surface area contributed by atoms with Gasteiger partial charge in [-0.1, -0.05) is 0 Å². The van der Waals surface area contributed by atoms with E-state index < -0.39 is 20.5 Å². The summed E-state index contributed by atoms with van der Waals surface area (Å²) in [6.07, 6.45) is 1.07. The highest BCUT2D eigenvalue weighted by molar-refractivity contribution is 7.92. The predicted octanol–water partition coefficient (Wildman–Crippen LogP) is 0.897. The quantitative estimate of drug-likeness (QED) is 0.686. The van der Waals surface area contributed by atoms with Gasteiger partial charge >= 0.3 is 0 Å². The fourth-order valence-electron chi connectivity index (χ4n) is 1.04. The summed E-state index contributed by atoms with van der Waals surface area (Å²) in [5.41, 5.74) is 0. The SMILES string of the molecule is CCN(CCCl)C(=O)C(C)(C)S(C)(=O)=O. The largest absolute Gasteiger partial charge is 0.340 e. The van der Waals surface area contributed by atoms with E-state index in [-0.39, 0.29) is 0 Å². The normalized spacial score (nSPS) is 12.6. The minimum absolute atomic E-state index is 0.305. The van der Waals surface area contributed by atoms with Crippen molar-refractivity contribution in [2.75, 3.05) is 25.2 Å². The van der Waals surface area contributed by atoms with Crippen LogP contribution in [0.2, 0.25) is 0 Å². The molecule has 0 rings (SSSR count). The van der Waals surface area contributed by atoms with Crippen LogP contribution in [0.5, 0.6) is 0 Å². The van der Waals surface area contributed by atoms with E-state index in [1.807, 2.05) is 0 Å². The first-order valence-electron chi connectivity index (χ1n) is 4.73. The molecule has 0 unspecified atom stereocenters. The molecule has 15 heavy (non-hydrogen) atoms. The number of alkyl halides is 1. The van der Waals surface area contributed by atoms with Gasteiger partial charge in [-0.25, -0.2) is 8.42 Å². The lowest BCUT2D eigenvalue weighted by atomic mass is 10.2. The van der Waals surface area contributed by atoms with E-state index in [4.69, 9.17) is 11.6 Å². The van der Waals surface area contributed by atoms with Gasteiger partial charge in [-0.15, -0.1) is 11.6 Å². The molecular formula is C9H18ClNO3S. The van der Waals surface area contributed by atoms with Crippen LogP contribution in [0, 0.1) is 0 Å². The third-order valence-electron chi connectivity index (χ3n) is 2.47. The number of halogens is 1. The van der Waals surface area contributed by atoms with E-state index in [0.717, 1.165) is 6.26 Å².